The first-order chi connectivity index (χ1) is 16.9. The molecule has 36 heavy (non-hydrogen) atoms. The van der Waals surface area contributed by atoms with E-state index < -0.39 is 35.1 Å². The van der Waals surface area contributed by atoms with Gasteiger partial charge < -0.3 is 15.5 Å². The lowest BCUT2D eigenvalue weighted by molar-refractivity contribution is -0.194. The van der Waals surface area contributed by atoms with E-state index in [1.807, 2.05) is 0 Å². The fourth-order valence-electron chi connectivity index (χ4n) is 4.42. The fraction of sp³-hybridized carbons (Fsp3) is 0.480. The molecular formula is C25H29ClF4N4O2. The van der Waals surface area contributed by atoms with E-state index in [1.54, 1.807) is 37.2 Å². The summed E-state index contributed by atoms with van der Waals surface area (Å²) >= 11 is 6.17. The zero-order valence-electron chi connectivity index (χ0n) is 20.3. The van der Waals surface area contributed by atoms with Crippen LogP contribution in [0.2, 0.25) is 5.02 Å². The fourth-order valence-corrected chi connectivity index (χ4v) is 4.66. The summed E-state index contributed by atoms with van der Waals surface area (Å²) in [6.07, 6.45) is -1.71. The highest BCUT2D eigenvalue weighted by molar-refractivity contribution is 6.32. The van der Waals surface area contributed by atoms with Gasteiger partial charge in [0.05, 0.1) is 16.0 Å². The molecule has 1 aliphatic carbocycles. The molecule has 0 spiro atoms. The lowest BCUT2D eigenvalue weighted by Gasteiger charge is -2.30. The van der Waals surface area contributed by atoms with Crippen molar-refractivity contribution in [2.75, 3.05) is 27.7 Å². The Kier molecular flexibility index (Phi) is 8.61. The molecule has 11 heteroatoms. The summed E-state index contributed by atoms with van der Waals surface area (Å²) in [5, 5.41) is 4.90. The number of nitrogens with zero attached hydrogens (tertiary/aromatic N) is 2. The van der Waals surface area contributed by atoms with E-state index >= 15 is 0 Å². The van der Waals surface area contributed by atoms with E-state index in [1.165, 1.54) is 25.5 Å². The third-order valence-corrected chi connectivity index (χ3v) is 7.26. The second kappa shape index (κ2) is 11.1. The Labute approximate surface area is 212 Å². The highest BCUT2D eigenvalue weighted by Crippen LogP contribution is 2.66. The predicted molar refractivity (Wildman–Crippen MR) is 128 cm³/mol. The second-order valence-corrected chi connectivity index (χ2v) is 9.68. The molecule has 0 aliphatic heterocycles. The van der Waals surface area contributed by atoms with Crippen molar-refractivity contribution in [2.24, 2.45) is 5.41 Å². The number of benzene rings is 1. The van der Waals surface area contributed by atoms with Gasteiger partial charge in [0, 0.05) is 44.4 Å². The first-order valence-electron chi connectivity index (χ1n) is 11.5. The molecule has 2 atom stereocenters. The predicted octanol–water partition coefficient (Wildman–Crippen LogP) is 4.34. The number of hydrogen-bond donors (Lipinski definition) is 2. The van der Waals surface area contributed by atoms with Gasteiger partial charge >= 0.3 is 6.18 Å². The summed E-state index contributed by atoms with van der Waals surface area (Å²) in [6.45, 7) is 0.111. The Hall–Kier alpha value is -2.72. The van der Waals surface area contributed by atoms with Crippen molar-refractivity contribution in [3.05, 3.63) is 64.2 Å². The van der Waals surface area contributed by atoms with Crippen LogP contribution in [0.3, 0.4) is 0 Å². The summed E-state index contributed by atoms with van der Waals surface area (Å²) < 4.78 is 56.3. The lowest BCUT2D eigenvalue weighted by atomic mass is 9.80. The standard InChI is InChI=1S/C25H29ClF4N4O2/c1-31-23(36)18-7-6-15(21(26)22(18)27)11-17(34(2)3)14-33-20(35)12-19(16-5-4-10-32-13-16)24(8-9-24)25(28,29)30/h4-7,10,13,17,19H,8-9,11-12,14H2,1-3H3,(H,31,36)(H,33,35). The van der Waals surface area contributed by atoms with Crippen LogP contribution in [0.5, 0.6) is 0 Å². The largest absolute Gasteiger partial charge is 0.395 e. The second-order valence-electron chi connectivity index (χ2n) is 9.30. The summed E-state index contributed by atoms with van der Waals surface area (Å²) in [7, 11) is 4.91. The van der Waals surface area contributed by atoms with Gasteiger partial charge in [-0.1, -0.05) is 23.7 Å². The number of hydrogen-bond acceptors (Lipinski definition) is 4. The molecule has 1 aromatic heterocycles. The highest BCUT2D eigenvalue weighted by Gasteiger charge is 2.67. The van der Waals surface area contributed by atoms with E-state index in [2.05, 4.69) is 15.6 Å². The van der Waals surface area contributed by atoms with Crippen molar-refractivity contribution in [3.8, 4) is 0 Å². The Balaban J connectivity index is 1.71. The minimum absolute atomic E-state index is 0.0280. The lowest BCUT2D eigenvalue weighted by Crippen LogP contribution is -2.43. The Morgan fingerprint density at radius 2 is 1.92 bits per heavy atom. The van der Waals surface area contributed by atoms with Crippen LogP contribution >= 0.6 is 11.6 Å². The van der Waals surface area contributed by atoms with Crippen molar-refractivity contribution < 1.29 is 27.2 Å². The minimum atomic E-state index is -4.43. The number of carbonyl (C=O) groups is 2. The van der Waals surface area contributed by atoms with Crippen molar-refractivity contribution in [1.82, 2.24) is 20.5 Å². The van der Waals surface area contributed by atoms with Crippen LogP contribution in [0.1, 0.15) is 46.7 Å². The summed E-state index contributed by atoms with van der Waals surface area (Å²) in [6, 6.07) is 5.69. The van der Waals surface area contributed by atoms with Crippen LogP contribution in [0.25, 0.3) is 0 Å². The molecule has 1 aromatic carbocycles. The summed E-state index contributed by atoms with van der Waals surface area (Å²) in [4.78, 5) is 30.4. The number of carbonyl (C=O) groups excluding carboxylic acids is 2. The average Bonchev–Trinajstić information content (AvgIpc) is 3.65. The van der Waals surface area contributed by atoms with Crippen molar-refractivity contribution in [1.29, 1.82) is 0 Å². The Bertz CT molecular complexity index is 1090. The number of alkyl halides is 3. The summed E-state index contributed by atoms with van der Waals surface area (Å²) in [5.41, 5.74) is -1.28. The minimum Gasteiger partial charge on any atom is -0.355 e. The van der Waals surface area contributed by atoms with Crippen LogP contribution in [0.4, 0.5) is 17.6 Å². The maximum Gasteiger partial charge on any atom is 0.395 e. The Morgan fingerprint density at radius 1 is 1.22 bits per heavy atom. The monoisotopic (exact) mass is 528 g/mol. The normalized spacial score (nSPS) is 16.4. The van der Waals surface area contributed by atoms with E-state index in [0.717, 1.165) is 0 Å². The molecule has 1 fully saturated rings. The van der Waals surface area contributed by atoms with Gasteiger partial charge in [-0.05, 0) is 56.6 Å². The maximum atomic E-state index is 14.6. The average molecular weight is 529 g/mol. The van der Waals surface area contributed by atoms with Gasteiger partial charge in [-0.15, -0.1) is 0 Å². The van der Waals surface area contributed by atoms with Gasteiger partial charge in [0.25, 0.3) is 5.91 Å². The molecule has 3 rings (SSSR count). The number of likely N-dealkylation sites (N-methyl/N-ethyl adjacent to an activating group) is 1. The van der Waals surface area contributed by atoms with Gasteiger partial charge in [-0.3, -0.25) is 14.6 Å². The molecular weight excluding hydrogens is 500 g/mol. The molecule has 2 N–H and O–H groups in total. The molecule has 2 amide bonds. The van der Waals surface area contributed by atoms with Crippen molar-refractivity contribution >= 4 is 23.4 Å². The highest BCUT2D eigenvalue weighted by atomic mass is 35.5. The van der Waals surface area contributed by atoms with Gasteiger partial charge in [-0.25, -0.2) is 4.39 Å². The topological polar surface area (TPSA) is 74.3 Å². The molecule has 0 bridgehead atoms. The molecule has 2 unspecified atom stereocenters. The van der Waals surface area contributed by atoms with Crippen molar-refractivity contribution in [3.63, 3.8) is 0 Å². The van der Waals surface area contributed by atoms with Crippen LogP contribution in [0, 0.1) is 11.2 Å². The van der Waals surface area contributed by atoms with Gasteiger partial charge in [0.2, 0.25) is 5.91 Å². The van der Waals surface area contributed by atoms with E-state index in [4.69, 9.17) is 11.6 Å². The third kappa shape index (κ3) is 5.98. The molecule has 1 heterocycles. The number of nitrogens with one attached hydrogen (secondary N) is 2. The molecule has 2 aromatic rings. The van der Waals surface area contributed by atoms with E-state index in [9.17, 15) is 27.2 Å². The number of rotatable bonds is 10. The summed E-state index contributed by atoms with van der Waals surface area (Å²) in [5.74, 6) is -2.99. The van der Waals surface area contributed by atoms with Crippen LogP contribution in [0.15, 0.2) is 36.7 Å². The number of pyridine rings is 1. The zero-order valence-corrected chi connectivity index (χ0v) is 21.0. The third-order valence-electron chi connectivity index (χ3n) is 6.85. The SMILES string of the molecule is CNC(=O)c1ccc(CC(CNC(=O)CC(c2cccnc2)C2(C(F)(F)F)CC2)N(C)C)c(Cl)c1F. The van der Waals surface area contributed by atoms with Crippen molar-refractivity contribution in [2.45, 2.75) is 43.8 Å². The molecule has 1 saturated carbocycles. The zero-order chi connectivity index (χ0) is 26.7. The molecule has 0 saturated heterocycles. The smallest absolute Gasteiger partial charge is 0.355 e. The maximum absolute atomic E-state index is 14.6. The van der Waals surface area contributed by atoms with E-state index in [-0.39, 0.29) is 48.9 Å². The quantitative estimate of drug-likeness (QED) is 0.450. The van der Waals surface area contributed by atoms with Crippen LogP contribution in [-0.2, 0) is 11.2 Å². The van der Waals surface area contributed by atoms with Crippen LogP contribution < -0.4 is 10.6 Å². The molecule has 6 nitrogen and oxygen atoms in total. The van der Waals surface area contributed by atoms with Gasteiger partial charge in [0.15, 0.2) is 5.82 Å². The number of halogens is 5. The first kappa shape index (κ1) is 27.9. The molecule has 0 radical (unpaired) electrons. The van der Waals surface area contributed by atoms with Gasteiger partial charge in [-0.2, -0.15) is 13.2 Å². The number of aromatic nitrogens is 1. The number of amides is 2. The van der Waals surface area contributed by atoms with E-state index in [0.29, 0.717) is 11.1 Å². The van der Waals surface area contributed by atoms with Gasteiger partial charge in [0.1, 0.15) is 0 Å². The Morgan fingerprint density at radius 3 is 2.44 bits per heavy atom. The molecule has 1 aliphatic rings. The first-order valence-corrected chi connectivity index (χ1v) is 11.9. The molecule has 196 valence electrons. The van der Waals surface area contributed by atoms with Crippen LogP contribution in [-0.4, -0.2) is 61.6 Å².